The summed E-state index contributed by atoms with van der Waals surface area (Å²) in [5.41, 5.74) is 1.13. The summed E-state index contributed by atoms with van der Waals surface area (Å²) in [6, 6.07) is 6.61. The van der Waals surface area contributed by atoms with Gasteiger partial charge in [-0.3, -0.25) is 4.79 Å². The highest BCUT2D eigenvalue weighted by molar-refractivity contribution is 7.98. The second-order valence-electron chi connectivity index (χ2n) is 3.46. The molecule has 0 amide bonds. The number of rotatable bonds is 6. The fourth-order valence-electron chi connectivity index (χ4n) is 1.35. The van der Waals surface area contributed by atoms with Crippen molar-refractivity contribution in [2.45, 2.75) is 13.3 Å². The number of esters is 1. The lowest BCUT2D eigenvalue weighted by molar-refractivity contribution is 0.0526. The van der Waals surface area contributed by atoms with Gasteiger partial charge in [0.05, 0.1) is 12.2 Å². The molecule has 0 aromatic heterocycles. The van der Waals surface area contributed by atoms with E-state index in [0.29, 0.717) is 24.2 Å². The van der Waals surface area contributed by atoms with E-state index in [1.54, 1.807) is 43.0 Å². The topological polar surface area (TPSA) is 43.4 Å². The third kappa shape index (κ3) is 4.23. The van der Waals surface area contributed by atoms with Crippen molar-refractivity contribution < 1.29 is 14.3 Å². The Hall–Kier alpha value is -1.29. The Balaban J connectivity index is 2.67. The van der Waals surface area contributed by atoms with E-state index in [-0.39, 0.29) is 11.8 Å². The van der Waals surface area contributed by atoms with Crippen LogP contribution in [0.5, 0.6) is 0 Å². The predicted molar refractivity (Wildman–Crippen MR) is 69.7 cm³/mol. The van der Waals surface area contributed by atoms with Crippen LogP contribution in [0.3, 0.4) is 0 Å². The molecule has 1 aromatic rings. The Morgan fingerprint density at radius 3 is 2.29 bits per heavy atom. The fraction of sp³-hybridized carbons (Fsp3) is 0.385. The van der Waals surface area contributed by atoms with Crippen molar-refractivity contribution >= 4 is 23.5 Å². The van der Waals surface area contributed by atoms with Gasteiger partial charge >= 0.3 is 5.97 Å². The smallest absolute Gasteiger partial charge is 0.338 e. The molecule has 0 radical (unpaired) electrons. The predicted octanol–water partition coefficient (Wildman–Crippen LogP) is 2.80. The maximum absolute atomic E-state index is 11.7. The Morgan fingerprint density at radius 1 is 1.18 bits per heavy atom. The van der Waals surface area contributed by atoms with E-state index >= 15 is 0 Å². The van der Waals surface area contributed by atoms with Gasteiger partial charge in [0.2, 0.25) is 0 Å². The van der Waals surface area contributed by atoms with Gasteiger partial charge in [-0.15, -0.1) is 0 Å². The summed E-state index contributed by atoms with van der Waals surface area (Å²) in [4.78, 5) is 23.1. The van der Waals surface area contributed by atoms with Gasteiger partial charge in [0.1, 0.15) is 0 Å². The van der Waals surface area contributed by atoms with Crippen LogP contribution >= 0.6 is 11.8 Å². The molecule has 0 unspecified atom stereocenters. The summed E-state index contributed by atoms with van der Waals surface area (Å²) in [5.74, 6) is 0.573. The van der Waals surface area contributed by atoms with Crippen molar-refractivity contribution in [1.29, 1.82) is 0 Å². The van der Waals surface area contributed by atoms with E-state index in [0.717, 1.165) is 5.75 Å². The third-order valence-corrected chi connectivity index (χ3v) is 2.86. The molecule has 0 fully saturated rings. The van der Waals surface area contributed by atoms with Crippen molar-refractivity contribution in [2.24, 2.45) is 0 Å². The molecule has 1 aromatic carbocycles. The molecule has 0 heterocycles. The largest absolute Gasteiger partial charge is 0.462 e. The third-order valence-electron chi connectivity index (χ3n) is 2.25. The maximum atomic E-state index is 11.7. The molecule has 4 heteroatoms. The molecule has 0 bridgehead atoms. The minimum atomic E-state index is -0.351. The highest BCUT2D eigenvalue weighted by Crippen LogP contribution is 2.09. The molecule has 0 saturated carbocycles. The average molecular weight is 252 g/mol. The molecule has 3 nitrogen and oxygen atoms in total. The van der Waals surface area contributed by atoms with Gasteiger partial charge in [-0.1, -0.05) is 12.1 Å². The van der Waals surface area contributed by atoms with Crippen LogP contribution in [0, 0.1) is 0 Å². The van der Waals surface area contributed by atoms with Gasteiger partial charge in [-0.25, -0.2) is 4.79 Å². The molecule has 0 atom stereocenters. The molecule has 17 heavy (non-hydrogen) atoms. The van der Waals surface area contributed by atoms with Gasteiger partial charge in [-0.2, -0.15) is 11.8 Å². The van der Waals surface area contributed by atoms with Crippen molar-refractivity contribution in [3.8, 4) is 0 Å². The average Bonchev–Trinajstić information content (AvgIpc) is 2.36. The second-order valence-corrected chi connectivity index (χ2v) is 4.45. The van der Waals surface area contributed by atoms with Crippen molar-refractivity contribution in [1.82, 2.24) is 0 Å². The molecular formula is C13H16O3S. The Bertz CT molecular complexity index is 384. The zero-order valence-electron chi connectivity index (χ0n) is 10.1. The normalized spacial score (nSPS) is 10.0. The van der Waals surface area contributed by atoms with Gasteiger partial charge in [0, 0.05) is 17.7 Å². The minimum absolute atomic E-state index is 0.106. The zero-order chi connectivity index (χ0) is 12.7. The van der Waals surface area contributed by atoms with E-state index in [1.165, 1.54) is 0 Å². The molecule has 0 N–H and O–H groups in total. The van der Waals surface area contributed by atoms with Crippen LogP contribution < -0.4 is 0 Å². The lowest BCUT2D eigenvalue weighted by Gasteiger charge is -2.03. The van der Waals surface area contributed by atoms with Crippen LogP contribution in [-0.4, -0.2) is 30.4 Å². The van der Waals surface area contributed by atoms with Crippen LogP contribution in [0.1, 0.15) is 34.1 Å². The first kappa shape index (κ1) is 13.8. The Labute approximate surface area is 106 Å². The summed E-state index contributed by atoms with van der Waals surface area (Å²) >= 11 is 1.64. The van der Waals surface area contributed by atoms with E-state index < -0.39 is 0 Å². The van der Waals surface area contributed by atoms with E-state index in [1.807, 2.05) is 6.26 Å². The number of carbonyl (C=O) groups is 2. The Morgan fingerprint density at radius 2 is 1.76 bits per heavy atom. The maximum Gasteiger partial charge on any atom is 0.338 e. The monoisotopic (exact) mass is 252 g/mol. The van der Waals surface area contributed by atoms with Gasteiger partial charge in [0.25, 0.3) is 0 Å². The minimum Gasteiger partial charge on any atom is -0.462 e. The van der Waals surface area contributed by atoms with E-state index in [4.69, 9.17) is 4.74 Å². The summed E-state index contributed by atoms with van der Waals surface area (Å²) in [6.45, 7) is 2.12. The first-order valence-corrected chi connectivity index (χ1v) is 6.87. The van der Waals surface area contributed by atoms with Crippen molar-refractivity contribution in [3.05, 3.63) is 35.4 Å². The summed E-state index contributed by atoms with van der Waals surface area (Å²) in [5, 5.41) is 0. The fourth-order valence-corrected chi connectivity index (χ4v) is 1.74. The highest BCUT2D eigenvalue weighted by atomic mass is 32.2. The quantitative estimate of drug-likeness (QED) is 0.577. The summed E-state index contributed by atoms with van der Waals surface area (Å²) < 4.78 is 4.87. The van der Waals surface area contributed by atoms with Gasteiger partial charge in [0.15, 0.2) is 5.78 Å². The first-order valence-electron chi connectivity index (χ1n) is 5.48. The lowest BCUT2D eigenvalue weighted by Crippen LogP contribution is -2.06. The molecular weight excluding hydrogens is 236 g/mol. The van der Waals surface area contributed by atoms with Crippen molar-refractivity contribution in [2.75, 3.05) is 18.6 Å². The number of hydrogen-bond acceptors (Lipinski definition) is 4. The van der Waals surface area contributed by atoms with Crippen LogP contribution in [0.4, 0.5) is 0 Å². The van der Waals surface area contributed by atoms with Crippen LogP contribution in [0.15, 0.2) is 24.3 Å². The number of Topliss-reactive ketones (excluding diaryl/α,β-unsaturated/α-hetero) is 1. The summed E-state index contributed by atoms with van der Waals surface area (Å²) in [6.07, 6.45) is 2.50. The van der Waals surface area contributed by atoms with Gasteiger partial charge in [-0.05, 0) is 25.3 Å². The molecule has 92 valence electrons. The SMILES string of the molecule is CCOC(=O)c1ccc(C(=O)CCSC)cc1. The van der Waals surface area contributed by atoms with E-state index in [2.05, 4.69) is 0 Å². The molecule has 0 saturated heterocycles. The number of ketones is 1. The molecule has 0 spiro atoms. The molecule has 1 rings (SSSR count). The van der Waals surface area contributed by atoms with Crippen LogP contribution in [0.2, 0.25) is 0 Å². The number of hydrogen-bond donors (Lipinski definition) is 0. The number of ether oxygens (including phenoxy) is 1. The molecule has 0 aliphatic rings. The molecule has 0 aliphatic carbocycles. The molecule has 0 aliphatic heterocycles. The number of carbonyl (C=O) groups excluding carboxylic acids is 2. The van der Waals surface area contributed by atoms with Gasteiger partial charge < -0.3 is 4.74 Å². The lowest BCUT2D eigenvalue weighted by atomic mass is 10.1. The van der Waals surface area contributed by atoms with Crippen LogP contribution in [0.25, 0.3) is 0 Å². The Kier molecular flexibility index (Phi) is 5.77. The second kappa shape index (κ2) is 7.12. The standard InChI is InChI=1S/C13H16O3S/c1-3-16-13(15)11-6-4-10(5-7-11)12(14)8-9-17-2/h4-7H,3,8-9H2,1-2H3. The number of benzene rings is 1. The summed E-state index contributed by atoms with van der Waals surface area (Å²) in [7, 11) is 0. The van der Waals surface area contributed by atoms with Crippen molar-refractivity contribution in [3.63, 3.8) is 0 Å². The first-order chi connectivity index (χ1) is 8.19. The number of thioether (sulfide) groups is 1. The zero-order valence-corrected chi connectivity index (χ0v) is 10.9. The van der Waals surface area contributed by atoms with E-state index in [9.17, 15) is 9.59 Å². The highest BCUT2D eigenvalue weighted by Gasteiger charge is 2.09. The van der Waals surface area contributed by atoms with Crippen LogP contribution in [-0.2, 0) is 4.74 Å².